The van der Waals surface area contributed by atoms with Crippen LogP contribution in [0.25, 0.3) is 0 Å². The van der Waals surface area contributed by atoms with Gasteiger partial charge in [-0.25, -0.2) is 0 Å². The van der Waals surface area contributed by atoms with Crippen molar-refractivity contribution in [2.24, 2.45) is 34.5 Å². The van der Waals surface area contributed by atoms with E-state index in [1.807, 2.05) is 0 Å². The monoisotopic (exact) mass is 276 g/mol. The number of aliphatic hydroxyl groups is 1. The van der Waals surface area contributed by atoms with Gasteiger partial charge in [-0.2, -0.15) is 0 Å². The van der Waals surface area contributed by atoms with Crippen LogP contribution in [0.5, 0.6) is 0 Å². The highest BCUT2D eigenvalue weighted by Gasteiger charge is 2.59. The molecule has 2 unspecified atom stereocenters. The molecular weight excluding hydrogens is 244 g/mol. The van der Waals surface area contributed by atoms with E-state index in [2.05, 4.69) is 13.8 Å². The van der Waals surface area contributed by atoms with E-state index in [0.29, 0.717) is 5.41 Å². The summed E-state index contributed by atoms with van der Waals surface area (Å²) in [6, 6.07) is 0. The minimum Gasteiger partial charge on any atom is -0.393 e. The smallest absolute Gasteiger partial charge is 0.0596 e. The molecule has 1 nitrogen and oxygen atoms in total. The summed E-state index contributed by atoms with van der Waals surface area (Å²) in [6.07, 6.45) is 14.0. The van der Waals surface area contributed by atoms with Crippen molar-refractivity contribution in [3.8, 4) is 0 Å². The quantitative estimate of drug-likeness (QED) is 0.675. The summed E-state index contributed by atoms with van der Waals surface area (Å²) in [6.45, 7) is 5.04. The number of hydrogen-bond acceptors (Lipinski definition) is 1. The zero-order valence-corrected chi connectivity index (χ0v) is 13.4. The van der Waals surface area contributed by atoms with Crippen LogP contribution >= 0.6 is 0 Å². The standard InChI is InChI=1S/C19H32O/c1-18-11-4-3-5-13(18)6-7-14-15-8-9-17(20)19(15,2)12-10-16(14)18/h13-17,20H,3-12H2,1-2H3/t13-,14-,15?,16?,17-,18-,19-/m0/s1. The lowest BCUT2D eigenvalue weighted by molar-refractivity contribution is -0.120. The van der Waals surface area contributed by atoms with Crippen LogP contribution in [0.15, 0.2) is 0 Å². The van der Waals surface area contributed by atoms with E-state index in [9.17, 15) is 5.11 Å². The maximum atomic E-state index is 10.5. The molecule has 0 spiro atoms. The molecule has 0 amide bonds. The molecule has 0 saturated heterocycles. The van der Waals surface area contributed by atoms with Gasteiger partial charge in [-0.15, -0.1) is 0 Å². The third-order valence-electron chi connectivity index (χ3n) is 8.53. The topological polar surface area (TPSA) is 20.2 Å². The molecule has 0 heterocycles. The first-order valence-corrected chi connectivity index (χ1v) is 9.24. The molecular formula is C19H32O. The van der Waals surface area contributed by atoms with Gasteiger partial charge in [0.15, 0.2) is 0 Å². The van der Waals surface area contributed by atoms with E-state index < -0.39 is 0 Å². The summed E-state index contributed by atoms with van der Waals surface area (Å²) in [5.41, 5.74) is 0.912. The van der Waals surface area contributed by atoms with Gasteiger partial charge in [0.1, 0.15) is 0 Å². The van der Waals surface area contributed by atoms with Gasteiger partial charge in [0.2, 0.25) is 0 Å². The third-order valence-corrected chi connectivity index (χ3v) is 8.53. The molecule has 0 aliphatic heterocycles. The lowest BCUT2D eigenvalue weighted by Crippen LogP contribution is -2.53. The minimum atomic E-state index is -0.00895. The molecule has 4 rings (SSSR count). The summed E-state index contributed by atoms with van der Waals surface area (Å²) < 4.78 is 0. The highest BCUT2D eigenvalue weighted by molar-refractivity contribution is 5.08. The van der Waals surface area contributed by atoms with Gasteiger partial charge >= 0.3 is 0 Å². The van der Waals surface area contributed by atoms with E-state index in [1.165, 1.54) is 57.8 Å². The lowest BCUT2D eigenvalue weighted by Gasteiger charge is -2.60. The summed E-state index contributed by atoms with van der Waals surface area (Å²) in [7, 11) is 0. The largest absolute Gasteiger partial charge is 0.393 e. The van der Waals surface area contributed by atoms with Crippen LogP contribution in [-0.2, 0) is 0 Å². The summed E-state index contributed by atoms with van der Waals surface area (Å²) >= 11 is 0. The number of hydrogen-bond donors (Lipinski definition) is 1. The fourth-order valence-corrected chi connectivity index (χ4v) is 7.27. The van der Waals surface area contributed by atoms with Gasteiger partial charge in [0, 0.05) is 0 Å². The highest BCUT2D eigenvalue weighted by Crippen LogP contribution is 2.66. The highest BCUT2D eigenvalue weighted by atomic mass is 16.3. The average Bonchev–Trinajstić information content (AvgIpc) is 2.74. The molecule has 4 saturated carbocycles. The van der Waals surface area contributed by atoms with Gasteiger partial charge in [0.05, 0.1) is 6.10 Å². The van der Waals surface area contributed by atoms with Crippen molar-refractivity contribution >= 4 is 0 Å². The maximum Gasteiger partial charge on any atom is 0.0596 e. The van der Waals surface area contributed by atoms with E-state index >= 15 is 0 Å². The molecule has 114 valence electrons. The lowest BCUT2D eigenvalue weighted by atomic mass is 9.45. The van der Waals surface area contributed by atoms with Crippen molar-refractivity contribution in [2.75, 3.05) is 0 Å². The Hall–Kier alpha value is -0.0400. The van der Waals surface area contributed by atoms with E-state index in [0.717, 1.165) is 30.1 Å². The van der Waals surface area contributed by atoms with Crippen LogP contribution < -0.4 is 0 Å². The zero-order valence-electron chi connectivity index (χ0n) is 13.4. The van der Waals surface area contributed by atoms with Crippen LogP contribution in [0.4, 0.5) is 0 Å². The van der Waals surface area contributed by atoms with E-state index in [4.69, 9.17) is 0 Å². The summed E-state index contributed by atoms with van der Waals surface area (Å²) in [4.78, 5) is 0. The molecule has 0 aromatic carbocycles. The van der Waals surface area contributed by atoms with Gasteiger partial charge in [-0.3, -0.25) is 0 Å². The molecule has 0 aromatic rings. The van der Waals surface area contributed by atoms with Crippen LogP contribution in [0.3, 0.4) is 0 Å². The minimum absolute atomic E-state index is 0.00895. The number of fused-ring (bicyclic) bond motifs is 5. The van der Waals surface area contributed by atoms with Crippen LogP contribution in [-0.4, -0.2) is 11.2 Å². The van der Waals surface area contributed by atoms with Crippen LogP contribution in [0.2, 0.25) is 0 Å². The van der Waals surface area contributed by atoms with Crippen molar-refractivity contribution in [3.05, 3.63) is 0 Å². The van der Waals surface area contributed by atoms with Gasteiger partial charge in [-0.05, 0) is 85.9 Å². The Morgan fingerprint density at radius 1 is 0.750 bits per heavy atom. The fraction of sp³-hybridized carbons (Fsp3) is 1.00. The predicted octanol–water partition coefficient (Wildman–Crippen LogP) is 4.78. The Kier molecular flexibility index (Phi) is 3.05. The maximum absolute atomic E-state index is 10.5. The van der Waals surface area contributed by atoms with Crippen molar-refractivity contribution in [1.29, 1.82) is 0 Å². The molecule has 4 aliphatic rings. The first-order chi connectivity index (χ1) is 9.56. The van der Waals surface area contributed by atoms with Gasteiger partial charge in [0.25, 0.3) is 0 Å². The third kappa shape index (κ3) is 1.65. The Balaban J connectivity index is 1.64. The molecule has 7 atom stereocenters. The predicted molar refractivity (Wildman–Crippen MR) is 82.4 cm³/mol. The normalized spacial score (nSPS) is 58.6. The van der Waals surface area contributed by atoms with Crippen molar-refractivity contribution in [1.82, 2.24) is 0 Å². The van der Waals surface area contributed by atoms with Gasteiger partial charge < -0.3 is 5.11 Å². The van der Waals surface area contributed by atoms with Crippen LogP contribution in [0, 0.1) is 34.5 Å². The molecule has 0 aromatic heterocycles. The second kappa shape index (κ2) is 4.48. The molecule has 1 N–H and O–H groups in total. The van der Waals surface area contributed by atoms with Gasteiger partial charge in [-0.1, -0.05) is 26.7 Å². The Bertz CT molecular complexity index is 391. The van der Waals surface area contributed by atoms with Crippen molar-refractivity contribution in [2.45, 2.75) is 84.2 Å². The van der Waals surface area contributed by atoms with E-state index in [1.54, 1.807) is 0 Å². The zero-order chi connectivity index (χ0) is 14.0. The molecule has 1 heteroatoms. The Labute approximate surface area is 124 Å². The molecule has 0 bridgehead atoms. The molecule has 4 fully saturated rings. The van der Waals surface area contributed by atoms with Crippen molar-refractivity contribution < 1.29 is 5.11 Å². The Morgan fingerprint density at radius 2 is 1.55 bits per heavy atom. The molecule has 4 aliphatic carbocycles. The number of aliphatic hydroxyl groups excluding tert-OH is 1. The first kappa shape index (κ1) is 13.6. The fourth-order valence-electron chi connectivity index (χ4n) is 7.27. The number of rotatable bonds is 0. The van der Waals surface area contributed by atoms with E-state index in [-0.39, 0.29) is 11.5 Å². The summed E-state index contributed by atoms with van der Waals surface area (Å²) in [5, 5.41) is 10.5. The molecule has 0 radical (unpaired) electrons. The second-order valence-electron chi connectivity index (χ2n) is 9.04. The second-order valence-corrected chi connectivity index (χ2v) is 9.04. The SMILES string of the molecule is C[C@]12CCC3[C@@H](CC[C@@H]4CCCC[C@]34C)C1CC[C@@H]2O. The Morgan fingerprint density at radius 3 is 2.40 bits per heavy atom. The average molecular weight is 276 g/mol. The van der Waals surface area contributed by atoms with Crippen molar-refractivity contribution in [3.63, 3.8) is 0 Å². The van der Waals surface area contributed by atoms with Crippen LogP contribution in [0.1, 0.15) is 78.1 Å². The first-order valence-electron chi connectivity index (χ1n) is 9.24. The molecule has 20 heavy (non-hydrogen) atoms. The summed E-state index contributed by atoms with van der Waals surface area (Å²) in [5.74, 6) is 3.76.